The largest absolute Gasteiger partial charge is 0.508 e. The average molecular weight is 1100 g/mol. The monoisotopic (exact) mass is 1090 g/mol. The van der Waals surface area contributed by atoms with Crippen molar-refractivity contribution in [3.05, 3.63) is 206 Å². The molecule has 2 unspecified atom stereocenters. The van der Waals surface area contributed by atoms with E-state index >= 15 is 0 Å². The van der Waals surface area contributed by atoms with Gasteiger partial charge in [0.05, 0.1) is 42.0 Å². The molecule has 2 aliphatic carbocycles. The Kier molecular flexibility index (Phi) is 16.4. The van der Waals surface area contributed by atoms with E-state index in [0.29, 0.717) is 63.2 Å². The molecule has 0 bridgehead atoms. The summed E-state index contributed by atoms with van der Waals surface area (Å²) in [5.74, 6) is -4.07. The number of aryl methyl sites for hydroxylation is 2. The number of phenolic OH excluding ortho intramolecular Hbond substituents is 1. The van der Waals surface area contributed by atoms with Crippen molar-refractivity contribution in [2.75, 3.05) is 0 Å². The third kappa shape index (κ3) is 12.9. The molecule has 0 aliphatic heterocycles. The summed E-state index contributed by atoms with van der Waals surface area (Å²) in [6.45, 7) is -0.338. The molecule has 0 saturated heterocycles. The summed E-state index contributed by atoms with van der Waals surface area (Å²) in [5, 5.41) is 14.9. The minimum Gasteiger partial charge on any atom is -0.508 e. The standard InChI is InChI=1S/C30H25ClF2N2O2.C29H26ClF5N4O/c1-35-17-34-29(30(35)20-4-7-23(31)8-5-20)22(10-18-11-24(32)15-25(33)12-18)14-27(37)13-21-3-2-19-6-9-26(36)16-28(19)21;1-38-16-36-26(27(38)18-6-8-20(30)9-7-18)19(10-17-11-21(31)14-22(32)12-17)13-23(40)15-39-25-5-3-2-4-24(25)28(37-39)29(33,34)35/h3-9,11-12,15-17,22,36H,2,10,13-14H2,1H3;6-9,11-12,14,16,19H,2-5,10,13,15H2,1H3. The molecular weight excluding hydrogens is 1040 g/mol. The van der Waals surface area contributed by atoms with E-state index in [2.05, 4.69) is 15.1 Å². The lowest BCUT2D eigenvalue weighted by Gasteiger charge is -2.19. The number of Topliss-reactive ketones (excluding diaryl/α,β-unsaturated/α-hetero) is 2. The zero-order chi connectivity index (χ0) is 54.7. The van der Waals surface area contributed by atoms with Crippen molar-refractivity contribution in [2.45, 2.75) is 88.8 Å². The van der Waals surface area contributed by atoms with Crippen LogP contribution in [0.3, 0.4) is 0 Å². The first-order chi connectivity index (χ1) is 36.8. The Morgan fingerprint density at radius 1 is 0.662 bits per heavy atom. The number of carbonyl (C=O) groups excluding carboxylic acids is 2. The van der Waals surface area contributed by atoms with E-state index < -0.39 is 47.0 Å². The van der Waals surface area contributed by atoms with E-state index in [4.69, 9.17) is 23.2 Å². The quantitative estimate of drug-likeness (QED) is 0.0966. The maximum Gasteiger partial charge on any atom is 0.435 e. The van der Waals surface area contributed by atoms with E-state index in [0.717, 1.165) is 52.1 Å². The highest BCUT2D eigenvalue weighted by Crippen LogP contribution is 2.39. The maximum absolute atomic E-state index is 14.0. The topological polar surface area (TPSA) is 108 Å². The second-order valence-corrected chi connectivity index (χ2v) is 20.5. The lowest BCUT2D eigenvalue weighted by Crippen LogP contribution is -2.19. The minimum absolute atomic E-state index is 0.0166. The molecular formula is C59H51Cl2F7N6O3. The number of rotatable bonds is 16. The van der Waals surface area contributed by atoms with Gasteiger partial charge in [-0.05, 0) is 133 Å². The van der Waals surface area contributed by atoms with Crippen molar-refractivity contribution < 1.29 is 45.4 Å². The fourth-order valence-corrected chi connectivity index (χ4v) is 10.9. The van der Waals surface area contributed by atoms with Crippen LogP contribution in [-0.2, 0) is 68.5 Å². The van der Waals surface area contributed by atoms with Gasteiger partial charge in [0.25, 0.3) is 0 Å². The molecule has 2 aliphatic rings. The number of aromatic hydroxyl groups is 1. The van der Waals surface area contributed by atoms with Crippen molar-refractivity contribution in [1.29, 1.82) is 0 Å². The van der Waals surface area contributed by atoms with Crippen LogP contribution in [0.15, 0.2) is 122 Å². The highest BCUT2D eigenvalue weighted by molar-refractivity contribution is 6.31. The van der Waals surface area contributed by atoms with Gasteiger partial charge in [0.1, 0.15) is 34.8 Å². The Hall–Kier alpha value is -7.30. The van der Waals surface area contributed by atoms with Gasteiger partial charge in [-0.15, -0.1) is 0 Å². The molecule has 5 aromatic carbocycles. The highest BCUT2D eigenvalue weighted by atomic mass is 35.5. The van der Waals surface area contributed by atoms with Gasteiger partial charge in [-0.2, -0.15) is 18.3 Å². The molecule has 77 heavy (non-hydrogen) atoms. The first-order valence-corrected chi connectivity index (χ1v) is 25.7. The van der Waals surface area contributed by atoms with Crippen LogP contribution < -0.4 is 0 Å². The fourth-order valence-electron chi connectivity index (χ4n) is 10.6. The molecule has 2 atom stereocenters. The molecule has 18 heteroatoms. The zero-order valence-electron chi connectivity index (χ0n) is 41.8. The van der Waals surface area contributed by atoms with Gasteiger partial charge < -0.3 is 14.2 Å². The van der Waals surface area contributed by atoms with Crippen LogP contribution in [-0.4, -0.2) is 45.6 Å². The Morgan fingerprint density at radius 3 is 1.66 bits per heavy atom. The van der Waals surface area contributed by atoms with Crippen LogP contribution in [0.2, 0.25) is 10.0 Å². The normalized spacial score (nSPS) is 13.8. The molecule has 10 rings (SSSR count). The Morgan fingerprint density at radius 2 is 1.16 bits per heavy atom. The van der Waals surface area contributed by atoms with Crippen LogP contribution in [0.1, 0.15) is 94.5 Å². The summed E-state index contributed by atoms with van der Waals surface area (Å²) in [6.07, 6.45) is 3.97. The Balaban J connectivity index is 0.000000188. The Bertz CT molecular complexity index is 3470. The number of fused-ring (bicyclic) bond motifs is 2. The summed E-state index contributed by atoms with van der Waals surface area (Å²) in [4.78, 5) is 36.0. The van der Waals surface area contributed by atoms with E-state index in [1.165, 1.54) is 28.9 Å². The fraction of sp³-hybridized carbons (Fsp3) is 0.271. The van der Waals surface area contributed by atoms with Crippen LogP contribution in [0.25, 0.3) is 28.1 Å². The number of nitrogens with zero attached hydrogens (tertiary/aromatic N) is 6. The van der Waals surface area contributed by atoms with Gasteiger partial charge in [-0.25, -0.2) is 27.5 Å². The number of allylic oxidation sites excluding steroid dienone is 2. The summed E-state index contributed by atoms with van der Waals surface area (Å²) >= 11 is 12.2. The third-order valence-corrected chi connectivity index (χ3v) is 14.4. The van der Waals surface area contributed by atoms with E-state index in [-0.39, 0.29) is 67.9 Å². The van der Waals surface area contributed by atoms with Crippen molar-refractivity contribution in [2.24, 2.45) is 14.1 Å². The van der Waals surface area contributed by atoms with Gasteiger partial charge in [-0.3, -0.25) is 14.3 Å². The van der Waals surface area contributed by atoms with Gasteiger partial charge in [-0.1, -0.05) is 59.6 Å². The van der Waals surface area contributed by atoms with Crippen molar-refractivity contribution in [1.82, 2.24) is 28.9 Å². The number of benzene rings is 5. The summed E-state index contributed by atoms with van der Waals surface area (Å²) in [7, 11) is 3.66. The van der Waals surface area contributed by atoms with E-state index in [9.17, 15) is 45.4 Å². The lowest BCUT2D eigenvalue weighted by atomic mass is 9.87. The summed E-state index contributed by atoms with van der Waals surface area (Å²) < 4.78 is 102. The summed E-state index contributed by atoms with van der Waals surface area (Å²) in [6, 6.07) is 26.2. The molecule has 0 spiro atoms. The lowest BCUT2D eigenvalue weighted by molar-refractivity contribution is -0.142. The maximum atomic E-state index is 14.0. The summed E-state index contributed by atoms with van der Waals surface area (Å²) in [5.41, 5.74) is 7.68. The number of hydrogen-bond donors (Lipinski definition) is 1. The average Bonchev–Trinajstić information content (AvgIpc) is 4.20. The number of alkyl halides is 3. The molecule has 0 amide bonds. The number of aromatic nitrogens is 6. The first-order valence-electron chi connectivity index (χ1n) is 24.9. The number of phenols is 1. The molecule has 0 fully saturated rings. The molecule has 9 nitrogen and oxygen atoms in total. The van der Waals surface area contributed by atoms with Crippen LogP contribution in [0, 0.1) is 23.3 Å². The zero-order valence-corrected chi connectivity index (χ0v) is 43.3. The second-order valence-electron chi connectivity index (χ2n) is 19.6. The predicted molar refractivity (Wildman–Crippen MR) is 280 cm³/mol. The number of imidazole rings is 2. The molecule has 0 radical (unpaired) electrons. The molecule has 8 aromatic rings. The van der Waals surface area contributed by atoms with Crippen molar-refractivity contribution in [3.63, 3.8) is 0 Å². The van der Waals surface area contributed by atoms with Crippen molar-refractivity contribution >= 4 is 40.3 Å². The molecule has 1 N–H and O–H groups in total. The molecule has 0 saturated carbocycles. The number of halogens is 9. The van der Waals surface area contributed by atoms with E-state index in [1.54, 1.807) is 72.8 Å². The third-order valence-electron chi connectivity index (χ3n) is 13.9. The second kappa shape index (κ2) is 23.1. The van der Waals surface area contributed by atoms with Gasteiger partial charge in [0, 0.05) is 89.8 Å². The number of ketones is 2. The predicted octanol–water partition coefficient (Wildman–Crippen LogP) is 14.1. The molecule has 398 valence electrons. The highest BCUT2D eigenvalue weighted by Gasteiger charge is 2.40. The number of hydrogen-bond acceptors (Lipinski definition) is 6. The van der Waals surface area contributed by atoms with Crippen molar-refractivity contribution in [3.8, 4) is 28.3 Å². The SMILES string of the molecule is Cn1cnc(C(CC(=O)CC2=CCc3ccc(O)cc32)Cc2cc(F)cc(F)c2)c1-c1ccc(Cl)cc1.Cn1cnc(C(CC(=O)Cn2nc(C(F)(F)F)c3c2CCCC3)Cc2cc(F)cc(F)c2)c1-c1ccc(Cl)cc1. The minimum atomic E-state index is -4.61. The first kappa shape index (κ1) is 54.5. The van der Waals surface area contributed by atoms with Gasteiger partial charge in [0.2, 0.25) is 0 Å². The van der Waals surface area contributed by atoms with Crippen LogP contribution >= 0.6 is 23.2 Å². The van der Waals surface area contributed by atoms with E-state index in [1.807, 2.05) is 35.9 Å². The number of carbonyl (C=O) groups is 2. The molecule has 3 aromatic heterocycles. The Labute approximate surface area is 449 Å². The van der Waals surface area contributed by atoms with Gasteiger partial charge in [0.15, 0.2) is 11.5 Å². The van der Waals surface area contributed by atoms with Gasteiger partial charge >= 0.3 is 6.18 Å². The smallest absolute Gasteiger partial charge is 0.435 e. The molecule has 3 heterocycles. The van der Waals surface area contributed by atoms with Crippen LogP contribution in [0.5, 0.6) is 5.75 Å². The van der Waals surface area contributed by atoms with Crippen LogP contribution in [0.4, 0.5) is 30.7 Å².